The van der Waals surface area contributed by atoms with Gasteiger partial charge in [0, 0.05) is 18.8 Å². The molecule has 0 saturated carbocycles. The van der Waals surface area contributed by atoms with Gasteiger partial charge in [-0.05, 0) is 11.8 Å². The van der Waals surface area contributed by atoms with E-state index in [1.54, 1.807) is 6.92 Å². The summed E-state index contributed by atoms with van der Waals surface area (Å²) in [5.74, 6) is 0.666. The van der Waals surface area contributed by atoms with Gasteiger partial charge >= 0.3 is 5.97 Å². The number of hydrogen-bond donors (Lipinski definition) is 1. The molecule has 0 aromatic rings. The van der Waals surface area contributed by atoms with Crippen molar-refractivity contribution in [2.24, 2.45) is 17.8 Å². The monoisotopic (exact) mass is 289 g/mol. The summed E-state index contributed by atoms with van der Waals surface area (Å²) >= 11 is 1.41. The fourth-order valence-electron chi connectivity index (χ4n) is 1.65. The third kappa shape index (κ3) is 8.92. The van der Waals surface area contributed by atoms with Crippen molar-refractivity contribution in [3.05, 3.63) is 0 Å². The molecule has 1 amide bonds. The van der Waals surface area contributed by atoms with Gasteiger partial charge < -0.3 is 10.0 Å². The number of hydrogen-bond acceptors (Lipinski definition) is 3. The molecule has 4 nitrogen and oxygen atoms in total. The Hall–Kier alpha value is -0.710. The number of amides is 1. The topological polar surface area (TPSA) is 57.6 Å². The van der Waals surface area contributed by atoms with Crippen molar-refractivity contribution in [3.63, 3.8) is 0 Å². The minimum atomic E-state index is -0.804. The molecule has 0 rings (SSSR count). The molecular formula is C14H27NO3S. The molecule has 1 unspecified atom stereocenters. The summed E-state index contributed by atoms with van der Waals surface area (Å²) in [6.07, 6.45) is 0. The smallest absolute Gasteiger partial charge is 0.307 e. The second kappa shape index (κ2) is 9.23. The lowest BCUT2D eigenvalue weighted by Gasteiger charge is -2.26. The van der Waals surface area contributed by atoms with Crippen molar-refractivity contribution in [3.8, 4) is 0 Å². The first-order valence-electron chi connectivity index (χ1n) is 6.82. The summed E-state index contributed by atoms with van der Waals surface area (Å²) in [6.45, 7) is 11.6. The first-order chi connectivity index (χ1) is 8.73. The highest BCUT2D eigenvalue weighted by Gasteiger charge is 2.17. The normalized spacial score (nSPS) is 12.8. The van der Waals surface area contributed by atoms with Crippen LogP contribution in [0.5, 0.6) is 0 Å². The quantitative estimate of drug-likeness (QED) is 0.709. The lowest BCUT2D eigenvalue weighted by Crippen LogP contribution is -2.38. The van der Waals surface area contributed by atoms with E-state index in [9.17, 15) is 9.59 Å². The van der Waals surface area contributed by atoms with Gasteiger partial charge in [-0.1, -0.05) is 34.6 Å². The molecule has 0 aromatic carbocycles. The molecule has 0 bridgehead atoms. The van der Waals surface area contributed by atoms with Gasteiger partial charge in [-0.3, -0.25) is 9.59 Å². The number of thioether (sulfide) groups is 1. The zero-order valence-corrected chi connectivity index (χ0v) is 13.5. The van der Waals surface area contributed by atoms with E-state index in [4.69, 9.17) is 5.11 Å². The Kier molecular flexibility index (Phi) is 8.89. The van der Waals surface area contributed by atoms with Crippen LogP contribution in [-0.2, 0) is 9.59 Å². The molecule has 0 fully saturated rings. The van der Waals surface area contributed by atoms with Crippen LogP contribution in [0.2, 0.25) is 0 Å². The molecule has 0 heterocycles. The molecule has 0 aromatic heterocycles. The Labute approximate surface area is 120 Å². The summed E-state index contributed by atoms with van der Waals surface area (Å²) in [5, 5.41) is 8.79. The number of carbonyl (C=O) groups is 2. The fourth-order valence-corrected chi connectivity index (χ4v) is 2.62. The number of aliphatic carboxylic acids is 1. The summed E-state index contributed by atoms with van der Waals surface area (Å²) in [4.78, 5) is 24.7. The van der Waals surface area contributed by atoms with Crippen LogP contribution in [0.1, 0.15) is 34.6 Å². The number of nitrogens with zero attached hydrogens (tertiary/aromatic N) is 1. The van der Waals surface area contributed by atoms with Gasteiger partial charge in [-0.25, -0.2) is 0 Å². The standard InChI is InChI=1S/C14H27NO3S/c1-10(2)6-15(7-11(3)4)13(16)9-19-8-12(5)14(17)18/h10-12H,6-9H2,1-5H3,(H,17,18). The molecule has 112 valence electrons. The first kappa shape index (κ1) is 18.3. The summed E-state index contributed by atoms with van der Waals surface area (Å²) in [5.41, 5.74) is 0. The van der Waals surface area contributed by atoms with E-state index in [-0.39, 0.29) is 5.91 Å². The highest BCUT2D eigenvalue weighted by Crippen LogP contribution is 2.12. The Bertz CT molecular complexity index is 282. The van der Waals surface area contributed by atoms with Crippen LogP contribution in [0.25, 0.3) is 0 Å². The molecule has 0 aliphatic heterocycles. The maximum Gasteiger partial charge on any atom is 0.307 e. The third-order valence-corrected chi connectivity index (χ3v) is 3.73. The zero-order valence-electron chi connectivity index (χ0n) is 12.7. The van der Waals surface area contributed by atoms with Gasteiger partial charge in [0.25, 0.3) is 0 Å². The molecule has 1 atom stereocenters. The minimum absolute atomic E-state index is 0.116. The van der Waals surface area contributed by atoms with E-state index in [0.29, 0.717) is 23.3 Å². The van der Waals surface area contributed by atoms with E-state index in [1.807, 2.05) is 4.90 Å². The largest absolute Gasteiger partial charge is 0.481 e. The lowest BCUT2D eigenvalue weighted by atomic mass is 10.1. The van der Waals surface area contributed by atoms with Crippen molar-refractivity contribution in [1.29, 1.82) is 0 Å². The van der Waals surface area contributed by atoms with Crippen LogP contribution in [0, 0.1) is 17.8 Å². The molecule has 0 saturated heterocycles. The molecule has 0 aliphatic rings. The summed E-state index contributed by atoms with van der Waals surface area (Å²) in [6, 6.07) is 0. The van der Waals surface area contributed by atoms with Crippen molar-refractivity contribution in [2.75, 3.05) is 24.6 Å². The van der Waals surface area contributed by atoms with Gasteiger partial charge in [0.15, 0.2) is 0 Å². The zero-order chi connectivity index (χ0) is 15.0. The van der Waals surface area contributed by atoms with Crippen LogP contribution in [0.15, 0.2) is 0 Å². The average Bonchev–Trinajstić information content (AvgIpc) is 2.26. The van der Waals surface area contributed by atoms with Crippen molar-refractivity contribution in [1.82, 2.24) is 4.90 Å². The third-order valence-electron chi connectivity index (χ3n) is 2.54. The maximum absolute atomic E-state index is 12.1. The van der Waals surface area contributed by atoms with Crippen LogP contribution in [-0.4, -0.2) is 46.5 Å². The van der Waals surface area contributed by atoms with Crippen molar-refractivity contribution in [2.45, 2.75) is 34.6 Å². The van der Waals surface area contributed by atoms with E-state index < -0.39 is 11.9 Å². The van der Waals surface area contributed by atoms with Gasteiger partial charge in [0.05, 0.1) is 11.7 Å². The second-order valence-electron chi connectivity index (χ2n) is 5.84. The number of carboxylic acid groups (broad SMARTS) is 1. The van der Waals surface area contributed by atoms with Crippen LogP contribution < -0.4 is 0 Å². The van der Waals surface area contributed by atoms with Gasteiger partial charge in [-0.2, -0.15) is 11.8 Å². The highest BCUT2D eigenvalue weighted by atomic mass is 32.2. The first-order valence-corrected chi connectivity index (χ1v) is 7.97. The second-order valence-corrected chi connectivity index (χ2v) is 6.87. The van der Waals surface area contributed by atoms with E-state index in [0.717, 1.165) is 13.1 Å². The van der Waals surface area contributed by atoms with Crippen molar-refractivity contribution < 1.29 is 14.7 Å². The number of rotatable bonds is 9. The number of carboxylic acids is 1. The van der Waals surface area contributed by atoms with Crippen LogP contribution in [0.3, 0.4) is 0 Å². The summed E-state index contributed by atoms with van der Waals surface area (Å²) < 4.78 is 0. The van der Waals surface area contributed by atoms with Gasteiger partial charge in [0.1, 0.15) is 0 Å². The Balaban J connectivity index is 4.20. The predicted molar refractivity (Wildman–Crippen MR) is 80.4 cm³/mol. The Morgan fingerprint density at radius 3 is 1.89 bits per heavy atom. The van der Waals surface area contributed by atoms with Crippen molar-refractivity contribution >= 4 is 23.6 Å². The SMILES string of the molecule is CC(C)CN(CC(C)C)C(=O)CSCC(C)C(=O)O. The molecular weight excluding hydrogens is 262 g/mol. The minimum Gasteiger partial charge on any atom is -0.481 e. The molecule has 5 heteroatoms. The molecule has 0 radical (unpaired) electrons. The van der Waals surface area contributed by atoms with Gasteiger partial charge in [0.2, 0.25) is 5.91 Å². The molecule has 19 heavy (non-hydrogen) atoms. The Morgan fingerprint density at radius 1 is 1.05 bits per heavy atom. The van der Waals surface area contributed by atoms with Crippen LogP contribution in [0.4, 0.5) is 0 Å². The molecule has 0 aliphatic carbocycles. The fraction of sp³-hybridized carbons (Fsp3) is 0.857. The molecule has 1 N–H and O–H groups in total. The highest BCUT2D eigenvalue weighted by molar-refractivity contribution is 7.99. The number of carbonyl (C=O) groups excluding carboxylic acids is 1. The van der Waals surface area contributed by atoms with E-state index >= 15 is 0 Å². The predicted octanol–water partition coefficient (Wildman–Crippen LogP) is 2.58. The lowest BCUT2D eigenvalue weighted by molar-refractivity contribution is -0.140. The Morgan fingerprint density at radius 2 is 1.53 bits per heavy atom. The average molecular weight is 289 g/mol. The van der Waals surface area contributed by atoms with E-state index in [1.165, 1.54) is 11.8 Å². The molecule has 0 spiro atoms. The van der Waals surface area contributed by atoms with Crippen LogP contribution >= 0.6 is 11.8 Å². The van der Waals surface area contributed by atoms with Gasteiger partial charge in [-0.15, -0.1) is 0 Å². The summed E-state index contributed by atoms with van der Waals surface area (Å²) in [7, 11) is 0. The van der Waals surface area contributed by atoms with E-state index in [2.05, 4.69) is 27.7 Å². The maximum atomic E-state index is 12.1.